The van der Waals surface area contributed by atoms with Gasteiger partial charge in [0.2, 0.25) is 5.91 Å². The van der Waals surface area contributed by atoms with Crippen molar-refractivity contribution in [2.75, 3.05) is 24.4 Å². The minimum absolute atomic E-state index is 0.0431. The lowest BCUT2D eigenvalue weighted by Crippen LogP contribution is -2.42. The molecule has 2 aromatic rings. The highest BCUT2D eigenvalue weighted by Gasteiger charge is 2.30. The van der Waals surface area contributed by atoms with Gasteiger partial charge in [-0.1, -0.05) is 17.7 Å². The maximum absolute atomic E-state index is 12.6. The zero-order chi connectivity index (χ0) is 19.2. The first-order valence-electron chi connectivity index (χ1n) is 7.95. The van der Waals surface area contributed by atoms with Crippen LogP contribution in [0.4, 0.5) is 11.4 Å². The maximum Gasteiger partial charge on any atom is 0.267 e. The van der Waals surface area contributed by atoms with Crippen LogP contribution >= 0.6 is 11.6 Å². The predicted octanol–water partition coefficient (Wildman–Crippen LogP) is 3.72. The summed E-state index contributed by atoms with van der Waals surface area (Å²) in [6, 6.07) is 13.6. The van der Waals surface area contributed by atoms with Crippen molar-refractivity contribution < 1.29 is 19.1 Å². The van der Waals surface area contributed by atoms with E-state index in [0.29, 0.717) is 22.1 Å². The highest BCUT2D eigenvalue weighted by atomic mass is 35.5. The van der Waals surface area contributed by atoms with Crippen LogP contribution in [0.1, 0.15) is 13.8 Å². The third-order valence-electron chi connectivity index (χ3n) is 3.41. The molecule has 0 saturated heterocycles. The second-order valence-electron chi connectivity index (χ2n) is 6.08. The number of anilines is 2. The van der Waals surface area contributed by atoms with Crippen LogP contribution in [-0.4, -0.2) is 31.1 Å². The van der Waals surface area contributed by atoms with Gasteiger partial charge in [0.05, 0.1) is 0 Å². The number of amides is 2. The van der Waals surface area contributed by atoms with E-state index in [0.717, 1.165) is 0 Å². The smallest absolute Gasteiger partial charge is 0.267 e. The summed E-state index contributed by atoms with van der Waals surface area (Å²) in [7, 11) is 1.44. The fraction of sp³-hybridized carbons (Fsp3) is 0.263. The molecule has 0 heterocycles. The zero-order valence-corrected chi connectivity index (χ0v) is 15.6. The van der Waals surface area contributed by atoms with Crippen molar-refractivity contribution >= 4 is 34.8 Å². The highest BCUT2D eigenvalue weighted by Crippen LogP contribution is 2.23. The molecule has 0 unspecified atom stereocenters. The van der Waals surface area contributed by atoms with Crippen molar-refractivity contribution in [2.24, 2.45) is 0 Å². The van der Waals surface area contributed by atoms with Gasteiger partial charge in [-0.2, -0.15) is 0 Å². The number of rotatable bonds is 7. The van der Waals surface area contributed by atoms with E-state index in [-0.39, 0.29) is 18.4 Å². The quantitative estimate of drug-likeness (QED) is 0.772. The number of ether oxygens (including phenoxy) is 2. The molecule has 6 nitrogen and oxygen atoms in total. The third kappa shape index (κ3) is 5.75. The van der Waals surface area contributed by atoms with Crippen molar-refractivity contribution in [1.29, 1.82) is 0 Å². The summed E-state index contributed by atoms with van der Waals surface area (Å²) in [5.41, 5.74) is -0.0115. The van der Waals surface area contributed by atoms with Gasteiger partial charge < -0.3 is 20.1 Å². The van der Waals surface area contributed by atoms with Gasteiger partial charge in [-0.05, 0) is 56.3 Å². The number of methoxy groups -OCH3 is 1. The first-order valence-corrected chi connectivity index (χ1v) is 8.33. The van der Waals surface area contributed by atoms with E-state index in [1.165, 1.54) is 7.11 Å². The lowest BCUT2D eigenvalue weighted by molar-refractivity contribution is -0.128. The van der Waals surface area contributed by atoms with Crippen LogP contribution in [0, 0.1) is 0 Å². The lowest BCUT2D eigenvalue weighted by Gasteiger charge is -2.25. The van der Waals surface area contributed by atoms with Crippen molar-refractivity contribution in [2.45, 2.75) is 19.4 Å². The van der Waals surface area contributed by atoms with Gasteiger partial charge in [0.15, 0.2) is 5.60 Å². The van der Waals surface area contributed by atoms with Gasteiger partial charge in [0.25, 0.3) is 5.91 Å². The average Bonchev–Trinajstić information content (AvgIpc) is 2.57. The van der Waals surface area contributed by atoms with Crippen molar-refractivity contribution in [1.82, 2.24) is 0 Å². The maximum atomic E-state index is 12.6. The fourth-order valence-corrected chi connectivity index (χ4v) is 2.25. The number of hydrogen-bond acceptors (Lipinski definition) is 4. The first-order chi connectivity index (χ1) is 12.3. The van der Waals surface area contributed by atoms with Gasteiger partial charge in [0.1, 0.15) is 12.4 Å². The van der Waals surface area contributed by atoms with E-state index < -0.39 is 5.60 Å². The monoisotopic (exact) mass is 376 g/mol. The molecule has 0 fully saturated rings. The predicted molar refractivity (Wildman–Crippen MR) is 102 cm³/mol. The Morgan fingerprint density at radius 2 is 1.65 bits per heavy atom. The Kier molecular flexibility index (Phi) is 6.60. The van der Waals surface area contributed by atoms with Gasteiger partial charge in [-0.25, -0.2) is 0 Å². The van der Waals surface area contributed by atoms with Gasteiger partial charge >= 0.3 is 0 Å². The fourth-order valence-electron chi connectivity index (χ4n) is 2.13. The Morgan fingerprint density at radius 3 is 2.27 bits per heavy atom. The summed E-state index contributed by atoms with van der Waals surface area (Å²) in [6.07, 6.45) is 0. The second kappa shape index (κ2) is 8.69. The normalized spacial score (nSPS) is 10.9. The molecule has 0 aliphatic heterocycles. The molecule has 2 amide bonds. The number of benzene rings is 2. The molecule has 0 radical (unpaired) electrons. The highest BCUT2D eigenvalue weighted by molar-refractivity contribution is 6.30. The van der Waals surface area contributed by atoms with E-state index in [9.17, 15) is 9.59 Å². The van der Waals surface area contributed by atoms with E-state index >= 15 is 0 Å². The van der Waals surface area contributed by atoms with Crippen LogP contribution in [0.3, 0.4) is 0 Å². The van der Waals surface area contributed by atoms with E-state index in [2.05, 4.69) is 10.6 Å². The minimum atomic E-state index is -1.11. The van der Waals surface area contributed by atoms with Crippen LogP contribution in [-0.2, 0) is 14.3 Å². The molecule has 2 rings (SSSR count). The molecule has 138 valence electrons. The summed E-state index contributed by atoms with van der Waals surface area (Å²) in [5, 5.41) is 6.06. The molecule has 26 heavy (non-hydrogen) atoms. The number of hydrogen-bond donors (Lipinski definition) is 2. The Bertz CT molecular complexity index is 775. The molecule has 0 aliphatic carbocycles. The third-order valence-corrected chi connectivity index (χ3v) is 3.67. The number of nitrogens with one attached hydrogen (secondary N) is 2. The molecule has 0 bridgehead atoms. The molecule has 7 heteroatoms. The van der Waals surface area contributed by atoms with Gasteiger partial charge in [0, 0.05) is 23.5 Å². The standard InChI is InChI=1S/C19H21ClN2O4/c1-19(2,26-16-9-7-13(20)8-10-16)18(24)22-15-6-4-5-14(11-15)21-17(23)12-25-3/h4-11H,12H2,1-3H3,(H,21,23)(H,22,24). The van der Waals surface area contributed by atoms with Gasteiger partial charge in [-0.15, -0.1) is 0 Å². The minimum Gasteiger partial charge on any atom is -0.478 e. The molecule has 0 aromatic heterocycles. The van der Waals surface area contributed by atoms with E-state index in [1.54, 1.807) is 62.4 Å². The van der Waals surface area contributed by atoms with Crippen LogP contribution in [0.25, 0.3) is 0 Å². The van der Waals surface area contributed by atoms with Crippen LogP contribution in [0.15, 0.2) is 48.5 Å². The number of carbonyl (C=O) groups is 2. The van der Waals surface area contributed by atoms with E-state index in [1.807, 2.05) is 0 Å². The Labute approximate surface area is 157 Å². The molecular weight excluding hydrogens is 356 g/mol. The summed E-state index contributed by atoms with van der Waals surface area (Å²) >= 11 is 5.85. The van der Waals surface area contributed by atoms with Crippen molar-refractivity contribution in [3.05, 3.63) is 53.6 Å². The average molecular weight is 377 g/mol. The number of carbonyl (C=O) groups excluding carboxylic acids is 2. The topological polar surface area (TPSA) is 76.7 Å². The van der Waals surface area contributed by atoms with Crippen LogP contribution < -0.4 is 15.4 Å². The summed E-state index contributed by atoms with van der Waals surface area (Å²) < 4.78 is 10.5. The molecule has 0 aliphatic rings. The second-order valence-corrected chi connectivity index (χ2v) is 6.52. The van der Waals surface area contributed by atoms with Crippen molar-refractivity contribution in [3.8, 4) is 5.75 Å². The molecule has 0 atom stereocenters. The summed E-state index contributed by atoms with van der Waals surface area (Å²) in [4.78, 5) is 24.2. The zero-order valence-electron chi connectivity index (χ0n) is 14.8. The SMILES string of the molecule is COCC(=O)Nc1cccc(NC(=O)C(C)(C)Oc2ccc(Cl)cc2)c1. The Morgan fingerprint density at radius 1 is 1.04 bits per heavy atom. The Balaban J connectivity index is 2.03. The van der Waals surface area contributed by atoms with E-state index in [4.69, 9.17) is 21.1 Å². The summed E-state index contributed by atoms with van der Waals surface area (Å²) in [6.45, 7) is 3.29. The molecular formula is C19H21ClN2O4. The Hall–Kier alpha value is -2.57. The number of halogens is 1. The van der Waals surface area contributed by atoms with Gasteiger partial charge in [-0.3, -0.25) is 9.59 Å². The first kappa shape index (κ1) is 19.8. The molecule has 2 N–H and O–H groups in total. The lowest BCUT2D eigenvalue weighted by atomic mass is 10.1. The molecule has 0 spiro atoms. The largest absolute Gasteiger partial charge is 0.478 e. The van der Waals surface area contributed by atoms with Crippen LogP contribution in [0.2, 0.25) is 5.02 Å². The van der Waals surface area contributed by atoms with Crippen LogP contribution in [0.5, 0.6) is 5.75 Å². The van der Waals surface area contributed by atoms with Crippen molar-refractivity contribution in [3.63, 3.8) is 0 Å². The molecule has 0 saturated carbocycles. The molecule has 2 aromatic carbocycles. The summed E-state index contributed by atoms with van der Waals surface area (Å²) in [5.74, 6) is -0.0645.